The molecule has 2 saturated heterocycles. The van der Waals surface area contributed by atoms with E-state index in [1.807, 2.05) is 6.08 Å². The van der Waals surface area contributed by atoms with Gasteiger partial charge in [-0.25, -0.2) is 0 Å². The lowest BCUT2D eigenvalue weighted by atomic mass is 9.97. The van der Waals surface area contributed by atoms with Crippen LogP contribution in [-0.4, -0.2) is 140 Å². The average molecular weight is 1020 g/mol. The van der Waals surface area contributed by atoms with Gasteiger partial charge in [-0.3, -0.25) is 4.79 Å². The van der Waals surface area contributed by atoms with Gasteiger partial charge in [0.2, 0.25) is 5.91 Å². The van der Waals surface area contributed by atoms with Gasteiger partial charge in [0.25, 0.3) is 0 Å². The zero-order valence-electron chi connectivity index (χ0n) is 44.1. The number of carbonyl (C=O) groups excluding carboxylic acids is 1. The molecule has 0 aromatic rings. The van der Waals surface area contributed by atoms with Crippen LogP contribution >= 0.6 is 0 Å². The van der Waals surface area contributed by atoms with Crippen LogP contribution in [0.1, 0.15) is 181 Å². The molecule has 414 valence electrons. The van der Waals surface area contributed by atoms with Crippen molar-refractivity contribution in [2.75, 3.05) is 19.8 Å². The zero-order valence-corrected chi connectivity index (χ0v) is 44.1. The van der Waals surface area contributed by atoms with Crippen molar-refractivity contribution in [1.29, 1.82) is 0 Å². The molecule has 0 radical (unpaired) electrons. The lowest BCUT2D eigenvalue weighted by molar-refractivity contribution is -0.359. The molecule has 9 N–H and O–H groups in total. The van der Waals surface area contributed by atoms with Gasteiger partial charge < -0.3 is 65.1 Å². The van der Waals surface area contributed by atoms with Crippen LogP contribution in [0.5, 0.6) is 0 Å². The molecule has 0 saturated carbocycles. The fourth-order valence-corrected chi connectivity index (χ4v) is 8.59. The first kappa shape index (κ1) is 65.3. The molecule has 2 aliphatic rings. The Kier molecular flexibility index (Phi) is 39.4. The number of aliphatic hydroxyl groups is 8. The molecule has 0 aromatic carbocycles. The Labute approximate surface area is 433 Å². The summed E-state index contributed by atoms with van der Waals surface area (Å²) in [6.07, 6.45) is 40.4. The van der Waals surface area contributed by atoms with E-state index in [4.69, 9.17) is 18.9 Å². The summed E-state index contributed by atoms with van der Waals surface area (Å²) >= 11 is 0. The van der Waals surface area contributed by atoms with Crippen LogP contribution in [0.3, 0.4) is 0 Å². The quantitative estimate of drug-likeness (QED) is 0.0207. The summed E-state index contributed by atoms with van der Waals surface area (Å²) in [7, 11) is 0. The Morgan fingerprint density at radius 3 is 1.47 bits per heavy atom. The Balaban J connectivity index is 1.82. The molecule has 14 nitrogen and oxygen atoms in total. The van der Waals surface area contributed by atoms with Gasteiger partial charge in [-0.05, 0) is 70.6 Å². The molecule has 12 unspecified atom stereocenters. The number of hydrogen-bond acceptors (Lipinski definition) is 13. The second-order valence-corrected chi connectivity index (χ2v) is 19.3. The summed E-state index contributed by atoms with van der Waals surface area (Å²) in [6.45, 7) is 2.64. The van der Waals surface area contributed by atoms with Crippen LogP contribution in [-0.2, 0) is 23.7 Å². The number of allylic oxidation sites excluding steroid dienone is 13. The summed E-state index contributed by atoms with van der Waals surface area (Å²) in [5, 5.41) is 86.9. The molecule has 2 aliphatic heterocycles. The molecule has 0 aliphatic carbocycles. The Bertz CT molecular complexity index is 1530. The maximum Gasteiger partial charge on any atom is 0.220 e. The maximum absolute atomic E-state index is 13.2. The molecule has 0 spiro atoms. The molecule has 0 aromatic heterocycles. The number of amides is 1. The second-order valence-electron chi connectivity index (χ2n) is 19.3. The Morgan fingerprint density at radius 2 is 0.958 bits per heavy atom. The maximum atomic E-state index is 13.2. The van der Waals surface area contributed by atoms with Crippen molar-refractivity contribution in [3.63, 3.8) is 0 Å². The van der Waals surface area contributed by atoms with Crippen molar-refractivity contribution in [2.45, 2.75) is 254 Å². The average Bonchev–Trinajstić information content (AvgIpc) is 3.38. The fourth-order valence-electron chi connectivity index (χ4n) is 8.59. The van der Waals surface area contributed by atoms with Gasteiger partial charge >= 0.3 is 0 Å². The van der Waals surface area contributed by atoms with Gasteiger partial charge in [0, 0.05) is 6.42 Å². The molecule has 12 atom stereocenters. The summed E-state index contributed by atoms with van der Waals surface area (Å²) in [5.74, 6) is -0.268. The van der Waals surface area contributed by atoms with Crippen molar-refractivity contribution in [1.82, 2.24) is 5.32 Å². The highest BCUT2D eigenvalue weighted by molar-refractivity contribution is 5.76. The monoisotopic (exact) mass is 1020 g/mol. The predicted octanol–water partition coefficient (Wildman–Crippen LogP) is 8.55. The molecule has 1 amide bonds. The molecule has 0 bridgehead atoms. The predicted molar refractivity (Wildman–Crippen MR) is 286 cm³/mol. The third-order valence-electron chi connectivity index (χ3n) is 13.1. The van der Waals surface area contributed by atoms with E-state index in [2.05, 4.69) is 92.1 Å². The zero-order chi connectivity index (χ0) is 52.4. The van der Waals surface area contributed by atoms with Gasteiger partial charge in [-0.15, -0.1) is 0 Å². The van der Waals surface area contributed by atoms with Crippen molar-refractivity contribution in [3.05, 3.63) is 85.1 Å². The molecule has 72 heavy (non-hydrogen) atoms. The minimum Gasteiger partial charge on any atom is -0.394 e. The van der Waals surface area contributed by atoms with Gasteiger partial charge in [0.05, 0.1) is 32.0 Å². The molecule has 2 heterocycles. The lowest BCUT2D eigenvalue weighted by Gasteiger charge is -2.46. The third kappa shape index (κ3) is 29.3. The van der Waals surface area contributed by atoms with E-state index in [1.54, 1.807) is 6.08 Å². The van der Waals surface area contributed by atoms with E-state index in [9.17, 15) is 45.6 Å². The highest BCUT2D eigenvalue weighted by atomic mass is 16.7. The number of carbonyl (C=O) groups is 1. The standard InChI is InChI=1S/C58H99NO13/c1-3-5-7-9-11-13-15-17-19-20-21-22-23-24-25-26-28-30-32-34-36-38-40-42-50(63)59-46(47(62)41-39-37-35-33-31-29-27-18-16-14-12-10-8-6-4-2)45-69-57-55(68)53(66)56(49(44-61)71-57)72-58-54(67)52(65)51(64)48(43-60)70-58/h5,7,11,13,17,19,21-22,24-25,28,30,39,41,46-49,51-58,60-62,64-68H,3-4,6,8-10,12,14-16,18,20,23,26-27,29,31-38,40,42-45H2,1-2H3,(H,59,63)/b7-5-,13-11-,19-17-,22-21-,25-24-,30-28-,41-39+. The third-order valence-corrected chi connectivity index (χ3v) is 13.1. The largest absolute Gasteiger partial charge is 0.394 e. The SMILES string of the molecule is CC/C=C\C/C=C\C/C=C\C/C=C\C/C=C\C/C=C\CCCCCCC(=O)NC(COC1OC(CO)C(OC2OC(CO)C(O)C(O)C2O)C(O)C1O)C(O)/C=C/CCCCCCCCCCCCCCC. The minimum atomic E-state index is -1.79. The van der Waals surface area contributed by atoms with Crippen LogP contribution in [0.2, 0.25) is 0 Å². The van der Waals surface area contributed by atoms with Crippen LogP contribution in [0, 0.1) is 0 Å². The number of unbranched alkanes of at least 4 members (excludes halogenated alkanes) is 17. The summed E-state index contributed by atoms with van der Waals surface area (Å²) < 4.78 is 22.7. The van der Waals surface area contributed by atoms with Gasteiger partial charge in [-0.2, -0.15) is 0 Å². The normalized spacial score (nSPS) is 26.2. The van der Waals surface area contributed by atoms with Crippen LogP contribution in [0.25, 0.3) is 0 Å². The summed E-state index contributed by atoms with van der Waals surface area (Å²) in [6, 6.07) is -0.933. The first-order valence-electron chi connectivity index (χ1n) is 27.8. The van der Waals surface area contributed by atoms with Crippen molar-refractivity contribution >= 4 is 5.91 Å². The van der Waals surface area contributed by atoms with Crippen LogP contribution < -0.4 is 5.32 Å². The number of hydrogen-bond donors (Lipinski definition) is 9. The topological polar surface area (TPSA) is 228 Å². The summed E-state index contributed by atoms with van der Waals surface area (Å²) in [5.41, 5.74) is 0. The minimum absolute atomic E-state index is 0.247. The van der Waals surface area contributed by atoms with E-state index in [0.29, 0.717) is 6.42 Å². The van der Waals surface area contributed by atoms with E-state index >= 15 is 0 Å². The first-order chi connectivity index (χ1) is 35.1. The van der Waals surface area contributed by atoms with Gasteiger partial charge in [-0.1, -0.05) is 189 Å². The Hall–Kier alpha value is -2.83. The first-order valence-corrected chi connectivity index (χ1v) is 27.8. The molecule has 2 fully saturated rings. The van der Waals surface area contributed by atoms with Crippen molar-refractivity contribution in [2.24, 2.45) is 0 Å². The highest BCUT2D eigenvalue weighted by Crippen LogP contribution is 2.30. The smallest absolute Gasteiger partial charge is 0.220 e. The fraction of sp³-hybridized carbons (Fsp3) is 0.741. The highest BCUT2D eigenvalue weighted by Gasteiger charge is 2.51. The van der Waals surface area contributed by atoms with Crippen LogP contribution in [0.15, 0.2) is 85.1 Å². The van der Waals surface area contributed by atoms with Crippen molar-refractivity contribution in [3.8, 4) is 0 Å². The number of rotatable bonds is 42. The number of ether oxygens (including phenoxy) is 4. The molecular formula is C58H99NO13. The van der Waals surface area contributed by atoms with E-state index in [1.165, 1.54) is 70.6 Å². The van der Waals surface area contributed by atoms with Gasteiger partial charge in [0.15, 0.2) is 12.6 Å². The Morgan fingerprint density at radius 1 is 0.514 bits per heavy atom. The lowest BCUT2D eigenvalue weighted by Crippen LogP contribution is -2.65. The van der Waals surface area contributed by atoms with Crippen LogP contribution in [0.4, 0.5) is 0 Å². The molecule has 14 heteroatoms. The van der Waals surface area contributed by atoms with Crippen molar-refractivity contribution < 1.29 is 64.6 Å². The molecular weight excluding hydrogens is 919 g/mol. The number of aliphatic hydroxyl groups excluding tert-OH is 8. The van der Waals surface area contributed by atoms with E-state index in [-0.39, 0.29) is 18.9 Å². The molecule has 2 rings (SSSR count). The van der Waals surface area contributed by atoms with Gasteiger partial charge in [0.1, 0.15) is 48.8 Å². The van der Waals surface area contributed by atoms with E-state index in [0.717, 1.165) is 83.5 Å². The number of nitrogens with one attached hydrogen (secondary N) is 1. The summed E-state index contributed by atoms with van der Waals surface area (Å²) in [4.78, 5) is 13.2. The van der Waals surface area contributed by atoms with E-state index < -0.39 is 86.8 Å². The second kappa shape index (κ2) is 43.4.